The zero-order chi connectivity index (χ0) is 11.7. The Balaban J connectivity index is 2.55. The Hall–Kier alpha value is -2.17. The van der Waals surface area contributed by atoms with Crippen molar-refractivity contribution >= 4 is 18.0 Å². The number of methoxy groups -OCH3 is 1. The maximum absolute atomic E-state index is 11.8. The lowest BCUT2D eigenvalue weighted by Gasteiger charge is -2.04. The molecule has 0 saturated heterocycles. The third kappa shape index (κ3) is 1.29. The van der Waals surface area contributed by atoms with E-state index in [0.717, 1.165) is 0 Å². The molecule has 0 N–H and O–H groups in total. The summed E-state index contributed by atoms with van der Waals surface area (Å²) >= 11 is 0. The first-order chi connectivity index (χ1) is 7.70. The van der Waals surface area contributed by atoms with Gasteiger partial charge in [0.1, 0.15) is 5.75 Å². The fraction of sp³-hybridized carbons (Fsp3) is 0.182. The molecule has 1 aromatic rings. The number of hydrogen-bond donors (Lipinski definition) is 0. The molecule has 0 aliphatic heterocycles. The highest BCUT2D eigenvalue weighted by Crippen LogP contribution is 2.31. The number of ketones is 2. The van der Waals surface area contributed by atoms with Crippen molar-refractivity contribution in [3.63, 3.8) is 0 Å². The van der Waals surface area contributed by atoms with Gasteiger partial charge in [0.25, 0.3) is 6.47 Å². The Bertz CT molecular complexity index is 477. The van der Waals surface area contributed by atoms with Gasteiger partial charge in [-0.2, -0.15) is 0 Å². The highest BCUT2D eigenvalue weighted by Gasteiger charge is 2.42. The van der Waals surface area contributed by atoms with E-state index in [4.69, 9.17) is 4.74 Å². The third-order valence-electron chi connectivity index (χ3n) is 2.43. The Labute approximate surface area is 91.0 Å². The maximum atomic E-state index is 11.8. The fourth-order valence-electron chi connectivity index (χ4n) is 1.73. The number of carbonyl (C=O) groups excluding carboxylic acids is 3. The highest BCUT2D eigenvalue weighted by atomic mass is 16.5. The minimum absolute atomic E-state index is 0.0961. The molecule has 1 atom stereocenters. The van der Waals surface area contributed by atoms with E-state index in [0.29, 0.717) is 5.75 Å². The van der Waals surface area contributed by atoms with Gasteiger partial charge in [-0.1, -0.05) is 12.1 Å². The molecule has 0 heterocycles. The van der Waals surface area contributed by atoms with Crippen LogP contribution in [0.15, 0.2) is 18.2 Å². The van der Waals surface area contributed by atoms with E-state index in [9.17, 15) is 14.4 Å². The van der Waals surface area contributed by atoms with E-state index in [1.165, 1.54) is 13.2 Å². The van der Waals surface area contributed by atoms with Gasteiger partial charge in [0, 0.05) is 5.56 Å². The summed E-state index contributed by atoms with van der Waals surface area (Å²) in [5, 5.41) is 0. The molecular weight excluding hydrogens is 212 g/mol. The van der Waals surface area contributed by atoms with Crippen LogP contribution in [0.3, 0.4) is 0 Å². The summed E-state index contributed by atoms with van der Waals surface area (Å²) in [5.41, 5.74) is 0.415. The molecule has 5 nitrogen and oxygen atoms in total. The Morgan fingerprint density at radius 2 is 2.00 bits per heavy atom. The van der Waals surface area contributed by atoms with Crippen molar-refractivity contribution in [2.45, 2.75) is 6.10 Å². The second kappa shape index (κ2) is 3.77. The summed E-state index contributed by atoms with van der Waals surface area (Å²) < 4.78 is 9.46. The van der Waals surface area contributed by atoms with E-state index in [1.54, 1.807) is 12.1 Å². The fourth-order valence-corrected chi connectivity index (χ4v) is 1.73. The van der Waals surface area contributed by atoms with Gasteiger partial charge < -0.3 is 9.47 Å². The number of hydrogen-bond acceptors (Lipinski definition) is 5. The second-order valence-corrected chi connectivity index (χ2v) is 3.22. The van der Waals surface area contributed by atoms with Gasteiger partial charge in [0.05, 0.1) is 12.7 Å². The SMILES string of the molecule is COc1cccc2c1C(=O)C(OC=O)C2=O. The largest absolute Gasteiger partial charge is 0.496 e. The molecule has 0 radical (unpaired) electrons. The van der Waals surface area contributed by atoms with Crippen molar-refractivity contribution in [3.05, 3.63) is 29.3 Å². The quantitative estimate of drug-likeness (QED) is 0.551. The molecule has 0 bridgehead atoms. The van der Waals surface area contributed by atoms with Crippen molar-refractivity contribution in [2.24, 2.45) is 0 Å². The zero-order valence-corrected chi connectivity index (χ0v) is 8.43. The number of Topliss-reactive ketones (excluding diaryl/α,β-unsaturated/α-hetero) is 2. The first kappa shape index (κ1) is 10.4. The predicted octanol–water partition coefficient (Wildman–Crippen LogP) is 0.616. The van der Waals surface area contributed by atoms with Gasteiger partial charge in [-0.05, 0) is 6.07 Å². The first-order valence-electron chi connectivity index (χ1n) is 4.55. The van der Waals surface area contributed by atoms with E-state index >= 15 is 0 Å². The first-order valence-corrected chi connectivity index (χ1v) is 4.55. The summed E-state index contributed by atoms with van der Waals surface area (Å²) in [6.07, 6.45) is -1.36. The smallest absolute Gasteiger partial charge is 0.294 e. The highest BCUT2D eigenvalue weighted by molar-refractivity contribution is 6.30. The number of fused-ring (bicyclic) bond motifs is 1. The van der Waals surface area contributed by atoms with Crippen LogP contribution < -0.4 is 4.74 Å². The van der Waals surface area contributed by atoms with Crippen LogP contribution in [0, 0.1) is 0 Å². The van der Waals surface area contributed by atoms with E-state index in [2.05, 4.69) is 4.74 Å². The Morgan fingerprint density at radius 1 is 1.25 bits per heavy atom. The molecule has 16 heavy (non-hydrogen) atoms. The molecular formula is C11H8O5. The molecule has 5 heteroatoms. The van der Waals surface area contributed by atoms with Crippen molar-refractivity contribution in [3.8, 4) is 5.75 Å². The zero-order valence-electron chi connectivity index (χ0n) is 8.43. The number of rotatable bonds is 3. The van der Waals surface area contributed by atoms with Gasteiger partial charge in [-0.3, -0.25) is 14.4 Å². The summed E-state index contributed by atoms with van der Waals surface area (Å²) in [6.45, 7) is 0.0961. The predicted molar refractivity (Wildman–Crippen MR) is 52.6 cm³/mol. The monoisotopic (exact) mass is 220 g/mol. The van der Waals surface area contributed by atoms with Crippen LogP contribution in [-0.2, 0) is 9.53 Å². The summed E-state index contributed by atoms with van der Waals surface area (Å²) in [6, 6.07) is 4.69. The van der Waals surface area contributed by atoms with Crippen LogP contribution >= 0.6 is 0 Å². The van der Waals surface area contributed by atoms with Crippen LogP contribution in [0.25, 0.3) is 0 Å². The van der Waals surface area contributed by atoms with Gasteiger partial charge in [0.2, 0.25) is 17.7 Å². The van der Waals surface area contributed by atoms with Crippen LogP contribution in [0.2, 0.25) is 0 Å². The van der Waals surface area contributed by atoms with Crippen molar-refractivity contribution in [1.29, 1.82) is 0 Å². The van der Waals surface area contributed by atoms with Crippen LogP contribution in [0.1, 0.15) is 20.7 Å². The van der Waals surface area contributed by atoms with Gasteiger partial charge in [-0.25, -0.2) is 0 Å². The lowest BCUT2D eigenvalue weighted by molar-refractivity contribution is -0.130. The minimum Gasteiger partial charge on any atom is -0.496 e. The molecule has 1 aliphatic carbocycles. The van der Waals surface area contributed by atoms with Crippen LogP contribution in [0.4, 0.5) is 0 Å². The van der Waals surface area contributed by atoms with Crippen LogP contribution in [0.5, 0.6) is 5.75 Å². The van der Waals surface area contributed by atoms with E-state index in [-0.39, 0.29) is 17.6 Å². The summed E-state index contributed by atoms with van der Waals surface area (Å²) in [7, 11) is 1.40. The molecule has 82 valence electrons. The molecule has 0 amide bonds. The molecule has 0 fully saturated rings. The van der Waals surface area contributed by atoms with E-state index < -0.39 is 17.7 Å². The van der Waals surface area contributed by atoms with Crippen molar-refractivity contribution < 1.29 is 23.9 Å². The normalized spacial score (nSPS) is 18.2. The van der Waals surface area contributed by atoms with Crippen molar-refractivity contribution in [1.82, 2.24) is 0 Å². The molecule has 1 unspecified atom stereocenters. The maximum Gasteiger partial charge on any atom is 0.294 e. The molecule has 2 rings (SSSR count). The Morgan fingerprint density at radius 3 is 2.62 bits per heavy atom. The summed E-state index contributed by atoms with van der Waals surface area (Å²) in [5.74, 6) is -0.733. The van der Waals surface area contributed by atoms with Gasteiger partial charge in [0.15, 0.2) is 0 Å². The third-order valence-corrected chi connectivity index (χ3v) is 2.43. The van der Waals surface area contributed by atoms with Gasteiger partial charge in [-0.15, -0.1) is 0 Å². The van der Waals surface area contributed by atoms with E-state index in [1.807, 2.05) is 0 Å². The standard InChI is InChI=1S/C11H8O5/c1-15-7-4-2-3-6-8(7)10(14)11(9(6)13)16-5-12/h2-5,11H,1H3. The molecule has 0 saturated carbocycles. The van der Waals surface area contributed by atoms with Crippen molar-refractivity contribution in [2.75, 3.05) is 7.11 Å². The lowest BCUT2D eigenvalue weighted by atomic mass is 10.1. The molecule has 0 spiro atoms. The molecule has 1 aliphatic rings. The Kier molecular flexibility index (Phi) is 2.44. The van der Waals surface area contributed by atoms with Gasteiger partial charge >= 0.3 is 0 Å². The molecule has 1 aromatic carbocycles. The molecule has 0 aromatic heterocycles. The second-order valence-electron chi connectivity index (χ2n) is 3.22. The lowest BCUT2D eigenvalue weighted by Crippen LogP contribution is -2.25. The number of ether oxygens (including phenoxy) is 2. The van der Waals surface area contributed by atoms with Crippen LogP contribution in [-0.4, -0.2) is 31.3 Å². The minimum atomic E-state index is -1.36. The summed E-state index contributed by atoms with van der Waals surface area (Å²) in [4.78, 5) is 33.7. The number of carbonyl (C=O) groups is 3. The average Bonchev–Trinajstić information content (AvgIpc) is 2.55. The number of benzene rings is 1. The topological polar surface area (TPSA) is 69.7 Å². The average molecular weight is 220 g/mol.